The van der Waals surface area contributed by atoms with Gasteiger partial charge in [0, 0.05) is 36.2 Å². The van der Waals surface area contributed by atoms with E-state index in [-0.39, 0.29) is 19.2 Å². The summed E-state index contributed by atoms with van der Waals surface area (Å²) in [5.74, 6) is 1.56. The zero-order chi connectivity index (χ0) is 26.0. The lowest BCUT2D eigenvalue weighted by Gasteiger charge is -2.28. The molecular formula is C27H36FN5O3S. The van der Waals surface area contributed by atoms with Gasteiger partial charge in [-0.2, -0.15) is 0 Å². The molecule has 0 radical (unpaired) electrons. The summed E-state index contributed by atoms with van der Waals surface area (Å²) in [6.45, 7) is 2.43. The largest absolute Gasteiger partial charge is 0.390 e. The number of halogens is 1. The quantitative estimate of drug-likeness (QED) is 0.103. The van der Waals surface area contributed by atoms with Crippen LogP contribution in [0.25, 0.3) is 22.5 Å². The Balaban J connectivity index is 1.52. The number of rotatable bonds is 13. The van der Waals surface area contributed by atoms with Gasteiger partial charge in [-0.05, 0) is 62.1 Å². The first-order chi connectivity index (χ1) is 18.0. The number of benzene rings is 1. The SMILES string of the molecule is CNOCOCC(O)CSc1nc(-c2ccnc(NC(C)C3CCCCC3)c2)c(-c2ccc(F)cc2)[nH]1. The number of aromatic nitrogens is 3. The molecule has 1 aliphatic carbocycles. The summed E-state index contributed by atoms with van der Waals surface area (Å²) >= 11 is 1.39. The summed E-state index contributed by atoms with van der Waals surface area (Å²) in [5.41, 5.74) is 5.78. The second-order valence-corrected chi connectivity index (χ2v) is 10.3. The van der Waals surface area contributed by atoms with Gasteiger partial charge < -0.3 is 20.1 Å². The third-order valence-electron chi connectivity index (χ3n) is 6.59. The van der Waals surface area contributed by atoms with E-state index in [0.717, 1.165) is 28.3 Å². The first-order valence-corrected chi connectivity index (χ1v) is 13.8. The maximum absolute atomic E-state index is 13.6. The molecule has 0 bridgehead atoms. The van der Waals surface area contributed by atoms with Crippen molar-refractivity contribution in [2.24, 2.45) is 5.92 Å². The van der Waals surface area contributed by atoms with E-state index in [9.17, 15) is 9.50 Å². The summed E-state index contributed by atoms with van der Waals surface area (Å²) < 4.78 is 18.9. The van der Waals surface area contributed by atoms with E-state index in [1.807, 2.05) is 12.1 Å². The van der Waals surface area contributed by atoms with E-state index in [2.05, 4.69) is 27.7 Å². The third-order valence-corrected chi connectivity index (χ3v) is 7.61. The van der Waals surface area contributed by atoms with Gasteiger partial charge in [0.05, 0.1) is 24.1 Å². The zero-order valence-corrected chi connectivity index (χ0v) is 22.2. The van der Waals surface area contributed by atoms with Crippen LogP contribution in [-0.2, 0) is 9.57 Å². The van der Waals surface area contributed by atoms with Gasteiger partial charge in [0.15, 0.2) is 11.9 Å². The number of aliphatic hydroxyl groups is 1. The monoisotopic (exact) mass is 529 g/mol. The molecule has 1 aliphatic rings. The number of hydroxylamine groups is 1. The Morgan fingerprint density at radius 3 is 2.70 bits per heavy atom. The van der Waals surface area contributed by atoms with Crippen molar-refractivity contribution in [3.05, 3.63) is 48.4 Å². The molecule has 1 aromatic carbocycles. The first-order valence-electron chi connectivity index (χ1n) is 12.8. The summed E-state index contributed by atoms with van der Waals surface area (Å²) in [4.78, 5) is 17.7. The molecule has 8 nitrogen and oxygen atoms in total. The molecule has 200 valence electrons. The van der Waals surface area contributed by atoms with Crippen LogP contribution in [0.1, 0.15) is 39.0 Å². The third kappa shape index (κ3) is 7.99. The molecule has 0 saturated heterocycles. The molecule has 2 atom stereocenters. The molecule has 37 heavy (non-hydrogen) atoms. The van der Waals surface area contributed by atoms with Gasteiger partial charge in [-0.1, -0.05) is 31.0 Å². The Kier molecular flexibility index (Phi) is 10.3. The van der Waals surface area contributed by atoms with Crippen molar-refractivity contribution in [1.29, 1.82) is 0 Å². The molecule has 2 aromatic heterocycles. The van der Waals surface area contributed by atoms with E-state index in [1.54, 1.807) is 25.4 Å². The average Bonchev–Trinajstić information content (AvgIpc) is 3.35. The fraction of sp³-hybridized carbons (Fsp3) is 0.481. The Labute approximate surface area is 221 Å². The summed E-state index contributed by atoms with van der Waals surface area (Å²) in [6.07, 6.45) is 7.52. The minimum Gasteiger partial charge on any atom is -0.390 e. The van der Waals surface area contributed by atoms with Crippen molar-refractivity contribution >= 4 is 17.6 Å². The second-order valence-electron chi connectivity index (χ2n) is 9.34. The first kappa shape index (κ1) is 27.5. The number of aliphatic hydroxyl groups excluding tert-OH is 1. The molecule has 1 fully saturated rings. The number of pyridine rings is 1. The molecule has 0 amide bonds. The van der Waals surface area contributed by atoms with Crippen molar-refractivity contribution in [1.82, 2.24) is 20.4 Å². The zero-order valence-electron chi connectivity index (χ0n) is 21.4. The van der Waals surface area contributed by atoms with E-state index >= 15 is 0 Å². The van der Waals surface area contributed by atoms with Crippen molar-refractivity contribution in [3.63, 3.8) is 0 Å². The number of anilines is 1. The number of imidazole rings is 1. The van der Waals surface area contributed by atoms with Gasteiger partial charge in [-0.15, -0.1) is 0 Å². The number of H-pyrrole nitrogens is 1. The van der Waals surface area contributed by atoms with Crippen LogP contribution in [-0.4, -0.2) is 58.4 Å². The molecule has 10 heteroatoms. The molecule has 4 N–H and O–H groups in total. The normalized spacial score (nSPS) is 16.0. The number of nitrogens with one attached hydrogen (secondary N) is 3. The van der Waals surface area contributed by atoms with E-state index in [0.29, 0.717) is 22.9 Å². The molecule has 2 unspecified atom stereocenters. The highest BCUT2D eigenvalue weighted by Gasteiger charge is 2.21. The highest BCUT2D eigenvalue weighted by Crippen LogP contribution is 2.34. The van der Waals surface area contributed by atoms with Gasteiger partial charge in [0.25, 0.3) is 0 Å². The van der Waals surface area contributed by atoms with Crippen LogP contribution in [0.15, 0.2) is 47.8 Å². The Morgan fingerprint density at radius 2 is 1.95 bits per heavy atom. The number of hydrogen-bond acceptors (Lipinski definition) is 8. The fourth-order valence-electron chi connectivity index (χ4n) is 4.60. The van der Waals surface area contributed by atoms with Crippen LogP contribution in [0.2, 0.25) is 0 Å². The lowest BCUT2D eigenvalue weighted by atomic mass is 9.84. The van der Waals surface area contributed by atoms with E-state index < -0.39 is 6.10 Å². The molecule has 2 heterocycles. The molecule has 1 saturated carbocycles. The number of aromatic amines is 1. The van der Waals surface area contributed by atoms with Gasteiger partial charge in [-0.3, -0.25) is 4.84 Å². The summed E-state index contributed by atoms with van der Waals surface area (Å²) in [6, 6.07) is 10.6. The van der Waals surface area contributed by atoms with Crippen molar-refractivity contribution < 1.29 is 19.1 Å². The van der Waals surface area contributed by atoms with E-state index in [4.69, 9.17) is 14.6 Å². The molecule has 0 spiro atoms. The van der Waals surface area contributed by atoms with Gasteiger partial charge in [0.1, 0.15) is 11.6 Å². The van der Waals surface area contributed by atoms with Crippen molar-refractivity contribution in [3.8, 4) is 22.5 Å². The summed E-state index contributed by atoms with van der Waals surface area (Å²) in [7, 11) is 1.64. The lowest BCUT2D eigenvalue weighted by molar-refractivity contribution is -0.107. The van der Waals surface area contributed by atoms with Crippen LogP contribution in [0.5, 0.6) is 0 Å². The van der Waals surface area contributed by atoms with Crippen LogP contribution >= 0.6 is 11.8 Å². The molecule has 3 aromatic rings. The second kappa shape index (κ2) is 13.9. The average molecular weight is 530 g/mol. The number of hydrogen-bond donors (Lipinski definition) is 4. The van der Waals surface area contributed by atoms with Gasteiger partial charge in [0.2, 0.25) is 0 Å². The Bertz CT molecular complexity index is 1110. The smallest absolute Gasteiger partial charge is 0.166 e. The number of thioether (sulfide) groups is 1. The van der Waals surface area contributed by atoms with Crippen LogP contribution in [0, 0.1) is 11.7 Å². The predicted octanol–water partition coefficient (Wildman–Crippen LogP) is 5.24. The van der Waals surface area contributed by atoms with Crippen LogP contribution < -0.4 is 10.8 Å². The minimum absolute atomic E-state index is 0.0512. The lowest BCUT2D eigenvalue weighted by Crippen LogP contribution is -2.28. The minimum atomic E-state index is -0.689. The van der Waals surface area contributed by atoms with E-state index in [1.165, 1.54) is 56.0 Å². The van der Waals surface area contributed by atoms with Crippen LogP contribution in [0.3, 0.4) is 0 Å². The maximum atomic E-state index is 13.6. The van der Waals surface area contributed by atoms with Gasteiger partial charge >= 0.3 is 0 Å². The maximum Gasteiger partial charge on any atom is 0.166 e. The van der Waals surface area contributed by atoms with Crippen LogP contribution in [0.4, 0.5) is 10.2 Å². The fourth-order valence-corrected chi connectivity index (χ4v) is 5.38. The Morgan fingerprint density at radius 1 is 1.16 bits per heavy atom. The Hall–Kier alpha value is -2.50. The molecular weight excluding hydrogens is 493 g/mol. The predicted molar refractivity (Wildman–Crippen MR) is 145 cm³/mol. The molecule has 0 aliphatic heterocycles. The number of nitrogens with zero attached hydrogens (tertiary/aromatic N) is 2. The number of ether oxygens (including phenoxy) is 1. The topological polar surface area (TPSA) is 104 Å². The standard InChI is InChI=1S/C27H36FN5O3S/c1-18(19-6-4-3-5-7-19)31-24-14-21(12-13-30-24)26-25(20-8-10-22(28)11-9-20)32-27(33-26)37-16-23(34)15-35-17-36-29-2/h8-14,18-19,23,29,34H,3-7,15-17H2,1-2H3,(H,30,31)(H,32,33). The highest BCUT2D eigenvalue weighted by molar-refractivity contribution is 7.99. The van der Waals surface area contributed by atoms with Gasteiger partial charge in [-0.25, -0.2) is 19.8 Å². The molecule has 4 rings (SSSR count). The summed E-state index contributed by atoms with van der Waals surface area (Å²) in [5, 5.41) is 14.5. The van der Waals surface area contributed by atoms with Crippen molar-refractivity contribution in [2.75, 3.05) is 31.5 Å². The highest BCUT2D eigenvalue weighted by atomic mass is 32.2. The van der Waals surface area contributed by atoms with Crippen molar-refractivity contribution in [2.45, 2.75) is 56.3 Å².